The molecule has 0 bridgehead atoms. The average Bonchev–Trinajstić information content (AvgIpc) is 3.63. The first kappa shape index (κ1) is 48.6. The number of carbonyl (C=O) groups excluding carboxylic acids is 1. The van der Waals surface area contributed by atoms with Gasteiger partial charge in [-0.05, 0) is 79.4 Å². The molecule has 41 heavy (non-hydrogen) atoms. The first-order valence-electron chi connectivity index (χ1n) is 11.0. The van der Waals surface area contributed by atoms with Crippen LogP contribution in [0.5, 0.6) is 0 Å². The number of hydrogen-bond acceptors (Lipinski definition) is 11. The van der Waals surface area contributed by atoms with Crippen molar-refractivity contribution in [2.24, 2.45) is 0 Å². The third kappa shape index (κ3) is 22.8. The Morgan fingerprint density at radius 1 is 1.00 bits per heavy atom. The van der Waals surface area contributed by atoms with Crippen molar-refractivity contribution in [3.63, 3.8) is 0 Å². The number of hydrogen-bond donors (Lipinski definition) is 1. The second-order valence-electron chi connectivity index (χ2n) is 6.76. The topological polar surface area (TPSA) is 173 Å². The quantitative estimate of drug-likeness (QED) is 0.0760. The zero-order valence-electron chi connectivity index (χ0n) is 23.6. The van der Waals surface area contributed by atoms with Crippen LogP contribution in [0.1, 0.15) is 48.4 Å². The molecular weight excluding hydrogens is 761 g/mol. The summed E-state index contributed by atoms with van der Waals surface area (Å²) >= 11 is 11.9. The Morgan fingerprint density at radius 3 is 1.90 bits per heavy atom. The summed E-state index contributed by atoms with van der Waals surface area (Å²) in [5.41, 5.74) is 1.44. The molecule has 0 unspecified atom stereocenters. The van der Waals surface area contributed by atoms with Crippen LogP contribution in [0.3, 0.4) is 0 Å². The molecule has 0 spiro atoms. The molecule has 4 aromatic rings. The maximum Gasteiger partial charge on any atom is 1.00 e. The van der Waals surface area contributed by atoms with Crippen molar-refractivity contribution in [3.8, 4) is 23.0 Å². The van der Waals surface area contributed by atoms with Gasteiger partial charge in [0.05, 0.1) is 6.54 Å². The summed E-state index contributed by atoms with van der Waals surface area (Å²) in [5.74, 6) is 1.89. The van der Waals surface area contributed by atoms with E-state index in [-0.39, 0.29) is 131 Å². The van der Waals surface area contributed by atoms with Gasteiger partial charge in [0.25, 0.3) is 6.47 Å². The van der Waals surface area contributed by atoms with Crippen molar-refractivity contribution in [2.45, 2.75) is 53.5 Å². The summed E-state index contributed by atoms with van der Waals surface area (Å²) in [6, 6.07) is 7.47. The third-order valence-electron chi connectivity index (χ3n) is 3.95. The third-order valence-corrected chi connectivity index (χ3v) is 5.15. The molecule has 0 aliphatic heterocycles. The molecule has 1 N–H and O–H groups in total. The fourth-order valence-electron chi connectivity index (χ4n) is 2.16. The number of alkyl halides is 1. The van der Waals surface area contributed by atoms with Crippen LogP contribution in [0, 0.1) is 0 Å². The minimum Gasteiger partial charge on any atom is -1.00 e. The standard InChI is InChI=1S/C10H12BrN5.C6H4BrN5.C4H9Cl.CH2O3.CH4.ClH.2K.H/c1-2-3-6-16-14-10(13-15-16)9-5-4-8(11)7-12-9;7-4-1-2-5(8-3-4)6-9-11-12-10-6;1-2-3-4-5;2-1-4-3;;;;;/h4-5,7H,2-3,6H2,1H3;1-3H,(H,9,10,11,12);2-4H2,1H3;1,3H;1H4;1H;;;/q;;;;;;2*+1;-1/p-1. The zero-order chi connectivity index (χ0) is 27.3. The summed E-state index contributed by atoms with van der Waals surface area (Å²) < 4.78 is 1.87. The van der Waals surface area contributed by atoms with E-state index < -0.39 is 0 Å². The molecule has 0 aliphatic carbocycles. The van der Waals surface area contributed by atoms with Crippen LogP contribution < -0.4 is 108 Å². The van der Waals surface area contributed by atoms with Gasteiger partial charge in [-0.2, -0.15) is 10.0 Å². The van der Waals surface area contributed by atoms with E-state index >= 15 is 0 Å². The van der Waals surface area contributed by atoms with Crippen LogP contribution in [0.4, 0.5) is 0 Å². The molecule has 19 heteroatoms. The Labute approximate surface area is 354 Å². The minimum atomic E-state index is -0.181. The molecule has 0 amide bonds. The molecule has 0 aliphatic rings. The van der Waals surface area contributed by atoms with Gasteiger partial charge < -0.3 is 11.6 Å². The first-order valence-corrected chi connectivity index (χ1v) is 13.1. The van der Waals surface area contributed by atoms with Gasteiger partial charge in [0.2, 0.25) is 11.6 Å². The smallest absolute Gasteiger partial charge is 1.00 e. The van der Waals surface area contributed by atoms with Crippen molar-refractivity contribution in [1.82, 2.24) is 50.8 Å². The number of tetrazole rings is 2. The van der Waals surface area contributed by atoms with Crippen LogP contribution in [0.25, 0.3) is 23.0 Å². The number of aromatic nitrogens is 10. The summed E-state index contributed by atoms with van der Waals surface area (Å²) in [6.45, 7) is 4.89. The number of aryl methyl sites for hydroxylation is 1. The molecule has 4 aromatic heterocycles. The van der Waals surface area contributed by atoms with Crippen molar-refractivity contribution in [3.05, 3.63) is 45.6 Å². The number of unbranched alkanes of at least 4 members (excludes halogenated alkanes) is 2. The maximum atomic E-state index is 8.64. The van der Waals surface area contributed by atoms with Crippen molar-refractivity contribution >= 4 is 62.3 Å². The van der Waals surface area contributed by atoms with Gasteiger partial charge in [-0.1, -0.05) is 34.1 Å². The number of nitrogens with one attached hydrogen (secondary N) is 1. The Morgan fingerprint density at radius 2 is 1.54 bits per heavy atom. The van der Waals surface area contributed by atoms with E-state index in [4.69, 9.17) is 21.7 Å². The van der Waals surface area contributed by atoms with Crippen molar-refractivity contribution in [2.75, 3.05) is 5.88 Å². The monoisotopic (exact) mass is 790 g/mol. The van der Waals surface area contributed by atoms with Gasteiger partial charge in [0, 0.05) is 27.2 Å². The van der Waals surface area contributed by atoms with Gasteiger partial charge >= 0.3 is 103 Å². The maximum absolute atomic E-state index is 8.64. The van der Waals surface area contributed by atoms with Gasteiger partial charge in [0.1, 0.15) is 11.4 Å². The molecule has 218 valence electrons. The number of rotatable bonds is 8. The number of nitrogens with zero attached hydrogens (tertiary/aromatic N) is 9. The minimum absolute atomic E-state index is 0. The number of pyridine rings is 2. The van der Waals surface area contributed by atoms with Gasteiger partial charge in [-0.25, -0.2) is 0 Å². The Hall–Kier alpha value is 0.683. The van der Waals surface area contributed by atoms with Crippen LogP contribution in [0.15, 0.2) is 45.6 Å². The molecule has 4 rings (SSSR count). The molecule has 4 heterocycles. The van der Waals surface area contributed by atoms with E-state index in [0.717, 1.165) is 46.3 Å². The van der Waals surface area contributed by atoms with Gasteiger partial charge in [0.15, 0.2) is 0 Å². The molecule has 0 radical (unpaired) electrons. The Balaban J connectivity index is -0.000000157. The van der Waals surface area contributed by atoms with Gasteiger partial charge in [-0.15, -0.1) is 44.4 Å². The van der Waals surface area contributed by atoms with E-state index in [9.17, 15) is 0 Å². The van der Waals surface area contributed by atoms with E-state index in [2.05, 4.69) is 96.6 Å². The Kier molecular flexibility index (Phi) is 38.0. The van der Waals surface area contributed by atoms with E-state index in [1.165, 1.54) is 6.42 Å². The largest absolute Gasteiger partial charge is 1.00 e. The molecule has 0 aromatic carbocycles. The molecule has 13 nitrogen and oxygen atoms in total. The second kappa shape index (κ2) is 32.1. The zero-order valence-corrected chi connectivity index (χ0v) is 33.6. The van der Waals surface area contributed by atoms with Crippen LogP contribution in [-0.2, 0) is 16.2 Å². The van der Waals surface area contributed by atoms with E-state index in [0.29, 0.717) is 17.3 Å². The molecule has 0 atom stereocenters. The van der Waals surface area contributed by atoms with Crippen LogP contribution in [-0.4, -0.2) is 63.2 Å². The summed E-state index contributed by atoms with van der Waals surface area (Å²) in [7, 11) is 0. The Bertz CT molecular complexity index is 1120. The van der Waals surface area contributed by atoms with Gasteiger partial charge in [-0.3, -0.25) is 14.8 Å². The summed E-state index contributed by atoms with van der Waals surface area (Å²) in [5, 5.41) is 34.0. The first-order chi connectivity index (χ1) is 18.0. The summed E-state index contributed by atoms with van der Waals surface area (Å²) in [4.78, 5) is 21.2. The SMILES string of the molecule is Brc1ccc(-c2nn[nH]n2)nc1.C.CCCCCl.CCCCn1nnc(-c2ccc(Br)cn2)n1.Cl.O=CO[O-].[H-].[K+].[K+]. The van der Waals surface area contributed by atoms with Crippen molar-refractivity contribution < 1.29 is 119 Å². The predicted octanol–water partition coefficient (Wildman–Crippen LogP) is -1.04. The number of H-pyrrole nitrogens is 1. The van der Waals surface area contributed by atoms with Crippen LogP contribution >= 0.6 is 55.9 Å². The van der Waals surface area contributed by atoms with Crippen LogP contribution in [0.2, 0.25) is 0 Å². The molecule has 0 fully saturated rings. The predicted molar refractivity (Wildman–Crippen MR) is 157 cm³/mol. The average molecular weight is 793 g/mol. The van der Waals surface area contributed by atoms with E-state index in [1.54, 1.807) is 17.2 Å². The fraction of sp³-hybridized carbons (Fsp3) is 0.409. The van der Waals surface area contributed by atoms with E-state index in [1.807, 2.05) is 24.3 Å². The summed E-state index contributed by atoms with van der Waals surface area (Å²) in [6.07, 6.45) is 7.95. The fourth-order valence-corrected chi connectivity index (χ4v) is 2.90. The molecule has 0 saturated carbocycles. The number of halogens is 4. The normalized spacial score (nSPS) is 8.63. The molecular formula is C22H32Br2Cl2K2N10O3. The second-order valence-corrected chi connectivity index (χ2v) is 8.97. The number of aromatic amines is 1. The molecule has 0 saturated heterocycles. The number of carbonyl (C=O) groups is 1. The van der Waals surface area contributed by atoms with Crippen molar-refractivity contribution in [1.29, 1.82) is 0 Å².